The van der Waals surface area contributed by atoms with Crippen molar-refractivity contribution >= 4 is 5.97 Å². The second-order valence-corrected chi connectivity index (χ2v) is 6.50. The van der Waals surface area contributed by atoms with E-state index in [2.05, 4.69) is 15.0 Å². The zero-order valence-electron chi connectivity index (χ0n) is 15.0. The smallest absolute Gasteiger partial charge is 0.307 e. The number of likely N-dealkylation sites (tertiary alicyclic amines) is 1. The molecule has 0 saturated carbocycles. The molecule has 7 heteroatoms. The van der Waals surface area contributed by atoms with Gasteiger partial charge in [0.2, 0.25) is 5.89 Å². The summed E-state index contributed by atoms with van der Waals surface area (Å²) in [7, 11) is 0. The zero-order chi connectivity index (χ0) is 18.4. The maximum Gasteiger partial charge on any atom is 0.307 e. The van der Waals surface area contributed by atoms with Crippen LogP contribution in [0.1, 0.15) is 49.9 Å². The number of rotatable bonds is 7. The lowest BCUT2D eigenvalue weighted by Crippen LogP contribution is -2.40. The first kappa shape index (κ1) is 18.5. The topological polar surface area (TPSA) is 68.5 Å². The minimum Gasteiger partial charge on any atom is -0.466 e. The third-order valence-electron chi connectivity index (χ3n) is 4.61. The molecule has 140 valence electrons. The standard InChI is InChI=1S/C19H24FN3O3/c1-2-25-19(24)12-15-8-5-6-10-23(15)13-18-21-17(22-26-18)11-14-7-3-4-9-16(14)20/h3-4,7,9,15H,2,5-6,8,10-13H2,1H3/t15-/m0/s1. The first-order valence-corrected chi connectivity index (χ1v) is 9.10. The summed E-state index contributed by atoms with van der Waals surface area (Å²) in [6, 6.07) is 6.70. The van der Waals surface area contributed by atoms with Crippen molar-refractivity contribution in [2.45, 2.75) is 51.6 Å². The van der Waals surface area contributed by atoms with Crippen LogP contribution in [0.5, 0.6) is 0 Å². The third kappa shape index (κ3) is 4.88. The van der Waals surface area contributed by atoms with Gasteiger partial charge < -0.3 is 9.26 Å². The number of halogens is 1. The molecule has 0 amide bonds. The molecule has 1 saturated heterocycles. The summed E-state index contributed by atoms with van der Waals surface area (Å²) in [6.45, 7) is 3.59. The van der Waals surface area contributed by atoms with E-state index in [9.17, 15) is 9.18 Å². The van der Waals surface area contributed by atoms with Crippen molar-refractivity contribution in [1.29, 1.82) is 0 Å². The summed E-state index contributed by atoms with van der Waals surface area (Å²) < 4.78 is 24.2. The van der Waals surface area contributed by atoms with E-state index in [-0.39, 0.29) is 17.8 Å². The fraction of sp³-hybridized carbons (Fsp3) is 0.526. The lowest BCUT2D eigenvalue weighted by Gasteiger charge is -2.34. The van der Waals surface area contributed by atoms with Crippen molar-refractivity contribution in [3.8, 4) is 0 Å². The molecule has 3 rings (SSSR count). The van der Waals surface area contributed by atoms with Crippen molar-refractivity contribution in [2.75, 3.05) is 13.2 Å². The normalized spacial score (nSPS) is 18.0. The van der Waals surface area contributed by atoms with Gasteiger partial charge in [0, 0.05) is 12.5 Å². The number of piperidine rings is 1. The first-order valence-electron chi connectivity index (χ1n) is 9.10. The summed E-state index contributed by atoms with van der Waals surface area (Å²) in [5, 5.41) is 3.96. The molecule has 6 nitrogen and oxygen atoms in total. The van der Waals surface area contributed by atoms with Crippen molar-refractivity contribution < 1.29 is 18.4 Å². The molecular formula is C19H24FN3O3. The maximum absolute atomic E-state index is 13.8. The second-order valence-electron chi connectivity index (χ2n) is 6.50. The van der Waals surface area contributed by atoms with Gasteiger partial charge in [-0.15, -0.1) is 0 Å². The molecular weight excluding hydrogens is 337 g/mol. The van der Waals surface area contributed by atoms with E-state index in [1.807, 2.05) is 6.92 Å². The van der Waals surface area contributed by atoms with Crippen LogP contribution in [0.25, 0.3) is 0 Å². The van der Waals surface area contributed by atoms with Gasteiger partial charge in [0.25, 0.3) is 0 Å². The van der Waals surface area contributed by atoms with Crippen LogP contribution in [0.4, 0.5) is 4.39 Å². The van der Waals surface area contributed by atoms with Crippen molar-refractivity contribution in [3.05, 3.63) is 47.4 Å². The minimum absolute atomic E-state index is 0.129. The van der Waals surface area contributed by atoms with Crippen molar-refractivity contribution in [1.82, 2.24) is 15.0 Å². The monoisotopic (exact) mass is 361 g/mol. The Hall–Kier alpha value is -2.28. The van der Waals surface area contributed by atoms with E-state index in [4.69, 9.17) is 9.26 Å². The maximum atomic E-state index is 13.8. The van der Waals surface area contributed by atoms with Crippen LogP contribution in [0.2, 0.25) is 0 Å². The van der Waals surface area contributed by atoms with E-state index in [0.29, 0.717) is 43.3 Å². The number of aromatic nitrogens is 2. The minimum atomic E-state index is -0.274. The number of benzene rings is 1. The Kier molecular flexibility index (Phi) is 6.33. The van der Waals surface area contributed by atoms with Crippen LogP contribution in [-0.4, -0.2) is 40.2 Å². The molecule has 1 aromatic heterocycles. The van der Waals surface area contributed by atoms with Gasteiger partial charge in [-0.3, -0.25) is 9.69 Å². The van der Waals surface area contributed by atoms with Gasteiger partial charge in [0.15, 0.2) is 5.82 Å². The van der Waals surface area contributed by atoms with Crippen molar-refractivity contribution in [2.24, 2.45) is 0 Å². The quantitative estimate of drug-likeness (QED) is 0.706. The van der Waals surface area contributed by atoms with Gasteiger partial charge in [0.1, 0.15) is 5.82 Å². The fourth-order valence-corrected chi connectivity index (χ4v) is 3.32. The lowest BCUT2D eigenvalue weighted by atomic mass is 9.99. The van der Waals surface area contributed by atoms with Gasteiger partial charge in [0.05, 0.1) is 19.6 Å². The molecule has 0 bridgehead atoms. The van der Waals surface area contributed by atoms with E-state index in [1.165, 1.54) is 6.07 Å². The Balaban J connectivity index is 1.61. The molecule has 1 aromatic carbocycles. The average molecular weight is 361 g/mol. The van der Waals surface area contributed by atoms with Crippen LogP contribution in [-0.2, 0) is 22.5 Å². The number of hydrogen-bond acceptors (Lipinski definition) is 6. The van der Waals surface area contributed by atoms with Crippen molar-refractivity contribution in [3.63, 3.8) is 0 Å². The van der Waals surface area contributed by atoms with Crippen LogP contribution < -0.4 is 0 Å². The Morgan fingerprint density at radius 3 is 3.04 bits per heavy atom. The summed E-state index contributed by atoms with van der Waals surface area (Å²) in [5.41, 5.74) is 0.540. The molecule has 0 unspecified atom stereocenters. The highest BCUT2D eigenvalue weighted by Crippen LogP contribution is 2.22. The Bertz CT molecular complexity index is 734. The second kappa shape index (κ2) is 8.89. The van der Waals surface area contributed by atoms with Gasteiger partial charge in [-0.05, 0) is 37.9 Å². The number of carbonyl (C=O) groups is 1. The molecule has 0 spiro atoms. The van der Waals surface area contributed by atoms with Gasteiger partial charge in [-0.1, -0.05) is 29.8 Å². The molecule has 1 aliphatic heterocycles. The third-order valence-corrected chi connectivity index (χ3v) is 4.61. The zero-order valence-corrected chi connectivity index (χ0v) is 15.0. The van der Waals surface area contributed by atoms with Gasteiger partial charge in [-0.25, -0.2) is 4.39 Å². The van der Waals surface area contributed by atoms with Crippen LogP contribution in [0, 0.1) is 5.82 Å². The molecule has 26 heavy (non-hydrogen) atoms. The highest BCUT2D eigenvalue weighted by molar-refractivity contribution is 5.70. The Morgan fingerprint density at radius 1 is 1.38 bits per heavy atom. The molecule has 0 N–H and O–H groups in total. The fourth-order valence-electron chi connectivity index (χ4n) is 3.32. The molecule has 1 fully saturated rings. The van der Waals surface area contributed by atoms with E-state index in [1.54, 1.807) is 18.2 Å². The van der Waals surface area contributed by atoms with E-state index < -0.39 is 0 Å². The number of esters is 1. The predicted octanol–water partition coefficient (Wildman–Crippen LogP) is 3.11. The van der Waals surface area contributed by atoms with Crippen LogP contribution in [0.3, 0.4) is 0 Å². The summed E-state index contributed by atoms with van der Waals surface area (Å²) in [4.78, 5) is 18.4. The Labute approximate surface area is 152 Å². The molecule has 2 aromatic rings. The van der Waals surface area contributed by atoms with Crippen LogP contribution in [0.15, 0.2) is 28.8 Å². The number of hydrogen-bond donors (Lipinski definition) is 0. The number of ether oxygens (including phenoxy) is 1. The summed E-state index contributed by atoms with van der Waals surface area (Å²) in [6.07, 6.45) is 3.81. The molecule has 1 atom stereocenters. The first-order chi connectivity index (χ1) is 12.7. The molecule has 1 aliphatic rings. The Morgan fingerprint density at radius 2 is 2.23 bits per heavy atom. The SMILES string of the molecule is CCOC(=O)C[C@@H]1CCCCN1Cc1nc(Cc2ccccc2F)no1. The summed E-state index contributed by atoms with van der Waals surface area (Å²) in [5.74, 6) is 0.510. The summed E-state index contributed by atoms with van der Waals surface area (Å²) >= 11 is 0. The molecule has 0 aliphatic carbocycles. The number of carbonyl (C=O) groups excluding carboxylic acids is 1. The van der Waals surface area contributed by atoms with Gasteiger partial charge >= 0.3 is 5.97 Å². The average Bonchev–Trinajstić information content (AvgIpc) is 3.06. The number of nitrogens with zero attached hydrogens (tertiary/aromatic N) is 3. The lowest BCUT2D eigenvalue weighted by molar-refractivity contribution is -0.145. The van der Waals surface area contributed by atoms with Gasteiger partial charge in [-0.2, -0.15) is 4.98 Å². The predicted molar refractivity (Wildman–Crippen MR) is 92.8 cm³/mol. The highest BCUT2D eigenvalue weighted by atomic mass is 19.1. The van der Waals surface area contributed by atoms with E-state index in [0.717, 1.165) is 25.8 Å². The largest absolute Gasteiger partial charge is 0.466 e. The van der Waals surface area contributed by atoms with Crippen LogP contribution >= 0.6 is 0 Å². The highest BCUT2D eigenvalue weighted by Gasteiger charge is 2.27. The molecule has 2 heterocycles. The molecule has 0 radical (unpaired) electrons. The van der Waals surface area contributed by atoms with E-state index >= 15 is 0 Å².